The van der Waals surface area contributed by atoms with Crippen LogP contribution in [0.3, 0.4) is 0 Å². The van der Waals surface area contributed by atoms with Crippen LogP contribution in [0.4, 0.5) is 9.52 Å². The van der Waals surface area contributed by atoms with E-state index in [1.54, 1.807) is 31.2 Å². The van der Waals surface area contributed by atoms with Gasteiger partial charge in [-0.15, -0.1) is 0 Å². The molecule has 0 saturated carbocycles. The van der Waals surface area contributed by atoms with Crippen LogP contribution in [0.15, 0.2) is 70.4 Å². The highest BCUT2D eigenvalue weighted by Gasteiger charge is 2.45. The minimum absolute atomic E-state index is 0.0306. The zero-order valence-electron chi connectivity index (χ0n) is 17.9. The van der Waals surface area contributed by atoms with E-state index in [-0.39, 0.29) is 39.0 Å². The zero-order valence-corrected chi connectivity index (χ0v) is 18.7. The average Bonchev–Trinajstić information content (AvgIpc) is 3.36. The average molecular weight is 476 g/mol. The number of amides is 1. The van der Waals surface area contributed by atoms with Crippen LogP contribution in [0.25, 0.3) is 11.0 Å². The fourth-order valence-corrected chi connectivity index (χ4v) is 4.94. The van der Waals surface area contributed by atoms with E-state index in [2.05, 4.69) is 11.6 Å². The zero-order chi connectivity index (χ0) is 24.0. The van der Waals surface area contributed by atoms with E-state index in [1.165, 1.54) is 35.2 Å². The lowest BCUT2D eigenvalue weighted by Gasteiger charge is -2.22. The molecule has 2 aromatic carbocycles. The molecule has 0 aliphatic carbocycles. The van der Waals surface area contributed by atoms with Crippen LogP contribution in [0.1, 0.15) is 43.1 Å². The third-order valence-corrected chi connectivity index (χ3v) is 6.61. The van der Waals surface area contributed by atoms with Crippen molar-refractivity contribution in [1.29, 1.82) is 0 Å². The summed E-state index contributed by atoms with van der Waals surface area (Å²) in [6, 6.07) is 11.3. The van der Waals surface area contributed by atoms with Gasteiger partial charge in [0.1, 0.15) is 22.9 Å². The van der Waals surface area contributed by atoms with Gasteiger partial charge in [0.25, 0.3) is 5.91 Å². The van der Waals surface area contributed by atoms with Crippen LogP contribution in [-0.4, -0.2) is 23.5 Å². The molecule has 0 saturated heterocycles. The monoisotopic (exact) mass is 476 g/mol. The van der Waals surface area contributed by atoms with Crippen molar-refractivity contribution in [1.82, 2.24) is 4.98 Å². The molecule has 4 aromatic rings. The van der Waals surface area contributed by atoms with Gasteiger partial charge in [-0.25, -0.2) is 14.2 Å². The molecule has 0 radical (unpaired) electrons. The molecule has 0 N–H and O–H groups in total. The number of ether oxygens (including phenoxy) is 1. The second kappa shape index (κ2) is 8.35. The molecule has 34 heavy (non-hydrogen) atoms. The number of halogens is 1. The summed E-state index contributed by atoms with van der Waals surface area (Å²) in [5.41, 5.74) is 0.933. The quantitative estimate of drug-likeness (QED) is 0.304. The molecule has 7 nitrogen and oxygen atoms in total. The number of rotatable bonds is 5. The molecule has 1 atom stereocenters. The summed E-state index contributed by atoms with van der Waals surface area (Å²) in [7, 11) is 0. The van der Waals surface area contributed by atoms with Crippen LogP contribution < -0.4 is 10.3 Å². The first kappa shape index (κ1) is 21.7. The number of nitrogens with zero attached hydrogens (tertiary/aromatic N) is 2. The summed E-state index contributed by atoms with van der Waals surface area (Å²) in [5, 5.41) is 0.518. The number of thiazole rings is 1. The number of hydrogen-bond donors (Lipinski definition) is 0. The molecular formula is C25H17FN2O5S. The highest BCUT2D eigenvalue weighted by atomic mass is 32.1. The van der Waals surface area contributed by atoms with Crippen molar-refractivity contribution in [2.45, 2.75) is 13.0 Å². The number of aromatic nitrogens is 1. The van der Waals surface area contributed by atoms with Crippen LogP contribution >= 0.6 is 11.3 Å². The van der Waals surface area contributed by atoms with E-state index < -0.39 is 23.7 Å². The second-order valence-corrected chi connectivity index (χ2v) is 8.58. The van der Waals surface area contributed by atoms with E-state index in [0.29, 0.717) is 16.6 Å². The minimum Gasteiger partial charge on any atom is -0.457 e. The number of carbonyl (C=O) groups excluding carboxylic acids is 2. The van der Waals surface area contributed by atoms with E-state index >= 15 is 0 Å². The largest absolute Gasteiger partial charge is 0.457 e. The van der Waals surface area contributed by atoms with Crippen molar-refractivity contribution in [2.24, 2.45) is 0 Å². The summed E-state index contributed by atoms with van der Waals surface area (Å²) in [5.74, 6) is -1.74. The third kappa shape index (κ3) is 3.41. The number of benzene rings is 2. The van der Waals surface area contributed by atoms with Gasteiger partial charge in [0.2, 0.25) is 5.76 Å². The molecule has 0 fully saturated rings. The van der Waals surface area contributed by atoms with Gasteiger partial charge in [0, 0.05) is 0 Å². The Morgan fingerprint density at radius 1 is 1.24 bits per heavy atom. The van der Waals surface area contributed by atoms with Crippen LogP contribution in [0.2, 0.25) is 0 Å². The summed E-state index contributed by atoms with van der Waals surface area (Å²) in [4.78, 5) is 45.4. The highest BCUT2D eigenvalue weighted by Crippen LogP contribution is 2.43. The van der Waals surface area contributed by atoms with Crippen LogP contribution in [-0.2, 0) is 4.74 Å². The predicted octanol–water partition coefficient (Wildman–Crippen LogP) is 4.79. The highest BCUT2D eigenvalue weighted by molar-refractivity contribution is 7.17. The minimum atomic E-state index is -0.911. The van der Waals surface area contributed by atoms with Gasteiger partial charge in [-0.05, 0) is 36.8 Å². The Bertz CT molecular complexity index is 1520. The van der Waals surface area contributed by atoms with Crippen LogP contribution in [0, 0.1) is 12.7 Å². The summed E-state index contributed by atoms with van der Waals surface area (Å²) >= 11 is 0.969. The van der Waals surface area contributed by atoms with E-state index in [9.17, 15) is 18.8 Å². The summed E-state index contributed by atoms with van der Waals surface area (Å²) < 4.78 is 24.7. The summed E-state index contributed by atoms with van der Waals surface area (Å²) in [6.45, 7) is 5.18. The molecule has 3 heterocycles. The van der Waals surface area contributed by atoms with Gasteiger partial charge in [0.15, 0.2) is 10.6 Å². The molecule has 170 valence electrons. The summed E-state index contributed by atoms with van der Waals surface area (Å²) in [6.07, 6.45) is 1.45. The van der Waals surface area contributed by atoms with E-state index in [4.69, 9.17) is 9.15 Å². The predicted molar refractivity (Wildman–Crippen MR) is 125 cm³/mol. The maximum absolute atomic E-state index is 13.7. The lowest BCUT2D eigenvalue weighted by molar-refractivity contribution is 0.0554. The van der Waals surface area contributed by atoms with Gasteiger partial charge >= 0.3 is 5.97 Å². The fraction of sp³-hybridized carbons (Fsp3) is 0.120. The van der Waals surface area contributed by atoms with Crippen molar-refractivity contribution < 1.29 is 23.1 Å². The Balaban J connectivity index is 1.71. The molecule has 0 bridgehead atoms. The molecular weight excluding hydrogens is 459 g/mol. The first-order chi connectivity index (χ1) is 16.4. The fourth-order valence-electron chi connectivity index (χ4n) is 3.95. The lowest BCUT2D eigenvalue weighted by atomic mass is 9.99. The standard InChI is InChI=1S/C25H17FN2O5S/c1-3-12-32-24(31)22-13(2)27-25(34-22)28-19(14-8-10-15(26)11-9-14)18-20(29)16-6-4-5-7-17(16)33-21(18)23(28)30/h3-11,19H,1,12H2,2H3. The third-order valence-electron chi connectivity index (χ3n) is 5.47. The molecule has 5 rings (SSSR count). The maximum atomic E-state index is 13.7. The van der Waals surface area contributed by atoms with Gasteiger partial charge in [0.05, 0.1) is 22.7 Å². The lowest BCUT2D eigenvalue weighted by Crippen LogP contribution is -2.29. The molecule has 1 aliphatic rings. The SMILES string of the molecule is C=CCOC(=O)c1sc(N2C(=O)c3oc4ccccc4c(=O)c3C2c2ccc(F)cc2)nc1C. The van der Waals surface area contributed by atoms with Crippen molar-refractivity contribution in [3.8, 4) is 0 Å². The number of esters is 1. The van der Waals surface area contributed by atoms with Crippen LogP contribution in [0.5, 0.6) is 0 Å². The molecule has 2 aromatic heterocycles. The van der Waals surface area contributed by atoms with Gasteiger partial charge in [-0.3, -0.25) is 14.5 Å². The Kier molecular flexibility index (Phi) is 5.33. The number of para-hydroxylation sites is 1. The van der Waals surface area contributed by atoms with Crippen molar-refractivity contribution in [3.05, 3.63) is 105 Å². The Hall–Kier alpha value is -4.11. The van der Waals surface area contributed by atoms with Crippen molar-refractivity contribution in [2.75, 3.05) is 11.5 Å². The van der Waals surface area contributed by atoms with Gasteiger partial charge in [-0.1, -0.05) is 48.3 Å². The second-order valence-electron chi connectivity index (χ2n) is 7.60. The van der Waals surface area contributed by atoms with Crippen molar-refractivity contribution >= 4 is 39.3 Å². The smallest absolute Gasteiger partial charge is 0.350 e. The first-order valence-electron chi connectivity index (χ1n) is 10.3. The number of carbonyl (C=O) groups is 2. The number of hydrogen-bond acceptors (Lipinski definition) is 7. The normalized spacial score (nSPS) is 14.9. The number of anilines is 1. The Morgan fingerprint density at radius 3 is 2.71 bits per heavy atom. The topological polar surface area (TPSA) is 89.7 Å². The van der Waals surface area contributed by atoms with E-state index in [1.807, 2.05) is 0 Å². The van der Waals surface area contributed by atoms with Crippen molar-refractivity contribution in [3.63, 3.8) is 0 Å². The molecule has 1 amide bonds. The Morgan fingerprint density at radius 2 is 1.97 bits per heavy atom. The van der Waals surface area contributed by atoms with Gasteiger partial charge < -0.3 is 9.15 Å². The Labute approximate surface area is 196 Å². The maximum Gasteiger partial charge on any atom is 0.350 e. The molecule has 9 heteroatoms. The molecule has 0 spiro atoms. The number of aryl methyl sites for hydroxylation is 1. The van der Waals surface area contributed by atoms with Gasteiger partial charge in [-0.2, -0.15) is 0 Å². The van der Waals surface area contributed by atoms with E-state index in [0.717, 1.165) is 11.3 Å². The first-order valence-corrected chi connectivity index (χ1v) is 11.1. The molecule has 1 aliphatic heterocycles. The number of fused-ring (bicyclic) bond motifs is 2. The molecule has 1 unspecified atom stereocenters.